The zero-order valence-corrected chi connectivity index (χ0v) is 12.7. The molecule has 0 aliphatic carbocycles. The van der Waals surface area contributed by atoms with Crippen molar-refractivity contribution in [3.63, 3.8) is 0 Å². The smallest absolute Gasteiger partial charge is 0.131 e. The summed E-state index contributed by atoms with van der Waals surface area (Å²) in [6.07, 6.45) is 0. The molecule has 1 fully saturated rings. The molecule has 1 N–H and O–H groups in total. The van der Waals surface area contributed by atoms with Crippen LogP contribution in [0.15, 0.2) is 48.5 Å². The fraction of sp³-hybridized carbons (Fsp3) is 0.353. The Morgan fingerprint density at radius 2 is 1.86 bits per heavy atom. The summed E-state index contributed by atoms with van der Waals surface area (Å²) in [5, 5.41) is 3.12. The lowest BCUT2D eigenvalue weighted by Crippen LogP contribution is -2.47. The van der Waals surface area contributed by atoms with E-state index < -0.39 is 0 Å². The Kier molecular flexibility index (Phi) is 4.06. The van der Waals surface area contributed by atoms with E-state index in [1.807, 2.05) is 13.1 Å². The summed E-state index contributed by atoms with van der Waals surface area (Å²) in [5.74, 6) is 1.96. The van der Waals surface area contributed by atoms with Gasteiger partial charge in [-0.05, 0) is 24.7 Å². The number of benzene rings is 1. The molecule has 1 aliphatic heterocycles. The van der Waals surface area contributed by atoms with Crippen molar-refractivity contribution < 1.29 is 0 Å². The van der Waals surface area contributed by atoms with Gasteiger partial charge in [0.2, 0.25) is 0 Å². The first kappa shape index (κ1) is 13.9. The van der Waals surface area contributed by atoms with Gasteiger partial charge >= 0.3 is 0 Å². The molecule has 0 radical (unpaired) electrons. The van der Waals surface area contributed by atoms with Crippen molar-refractivity contribution in [1.29, 1.82) is 0 Å². The summed E-state index contributed by atoms with van der Waals surface area (Å²) in [5.41, 5.74) is 1.35. The minimum atomic E-state index is 0.351. The average molecular weight is 282 g/mol. The first-order valence-electron chi connectivity index (χ1n) is 7.43. The normalized spacial score (nSPS) is 19.5. The lowest BCUT2D eigenvalue weighted by atomic mass is 10.0. The van der Waals surface area contributed by atoms with Crippen LogP contribution < -0.4 is 10.2 Å². The highest BCUT2D eigenvalue weighted by Gasteiger charge is 2.27. The molecular weight excluding hydrogens is 260 g/mol. The Labute approximate surface area is 126 Å². The van der Waals surface area contributed by atoms with Gasteiger partial charge in [-0.1, -0.05) is 36.4 Å². The fourth-order valence-corrected chi connectivity index (χ4v) is 2.88. The second kappa shape index (κ2) is 6.14. The maximum absolute atomic E-state index is 4.71. The van der Waals surface area contributed by atoms with E-state index in [1.165, 1.54) is 5.56 Å². The molecule has 1 atom stereocenters. The van der Waals surface area contributed by atoms with Crippen molar-refractivity contribution in [2.45, 2.75) is 6.04 Å². The van der Waals surface area contributed by atoms with Gasteiger partial charge in [-0.15, -0.1) is 0 Å². The van der Waals surface area contributed by atoms with Crippen LogP contribution in [0.2, 0.25) is 0 Å². The molecule has 1 saturated heterocycles. The number of nitrogens with one attached hydrogen (secondary N) is 1. The van der Waals surface area contributed by atoms with Gasteiger partial charge in [-0.25, -0.2) is 4.98 Å². The van der Waals surface area contributed by atoms with Crippen molar-refractivity contribution in [2.75, 3.05) is 43.9 Å². The number of piperazine rings is 1. The van der Waals surface area contributed by atoms with Gasteiger partial charge in [-0.3, -0.25) is 0 Å². The molecule has 0 bridgehead atoms. The number of nitrogens with zero attached hydrogens (tertiary/aromatic N) is 3. The van der Waals surface area contributed by atoms with Crippen LogP contribution in [0.1, 0.15) is 11.6 Å². The summed E-state index contributed by atoms with van der Waals surface area (Å²) >= 11 is 0. The average Bonchev–Trinajstić information content (AvgIpc) is 2.55. The number of aromatic nitrogens is 1. The van der Waals surface area contributed by atoms with Crippen LogP contribution in [0.4, 0.5) is 11.6 Å². The van der Waals surface area contributed by atoms with Crippen LogP contribution in [-0.4, -0.2) is 43.6 Å². The predicted octanol–water partition coefficient (Wildman–Crippen LogP) is 2.62. The molecule has 1 aromatic heterocycles. The zero-order chi connectivity index (χ0) is 14.7. The maximum Gasteiger partial charge on any atom is 0.131 e. The molecule has 21 heavy (non-hydrogen) atoms. The fourth-order valence-electron chi connectivity index (χ4n) is 2.88. The number of hydrogen-bond donors (Lipinski definition) is 1. The molecular formula is C17H22N4. The lowest BCUT2D eigenvalue weighted by Gasteiger charge is -2.41. The standard InChI is InChI=1S/C17H22N4/c1-18-16-9-6-10-17(19-16)21-12-11-20(2)13-15(21)14-7-4-3-5-8-14/h3-10,15H,11-13H2,1-2H3,(H,18,19). The quantitative estimate of drug-likeness (QED) is 0.937. The predicted molar refractivity (Wildman–Crippen MR) is 87.8 cm³/mol. The van der Waals surface area contributed by atoms with E-state index in [0.717, 1.165) is 31.3 Å². The SMILES string of the molecule is CNc1cccc(N2CCN(C)CC2c2ccccc2)n1. The van der Waals surface area contributed by atoms with Crippen LogP contribution in [0.5, 0.6) is 0 Å². The van der Waals surface area contributed by atoms with E-state index in [4.69, 9.17) is 4.98 Å². The molecule has 0 amide bonds. The highest BCUT2D eigenvalue weighted by molar-refractivity contribution is 5.49. The molecule has 1 aromatic carbocycles. The van der Waals surface area contributed by atoms with Crippen LogP contribution in [0.25, 0.3) is 0 Å². The number of pyridine rings is 1. The molecule has 3 rings (SSSR count). The van der Waals surface area contributed by atoms with E-state index in [1.54, 1.807) is 0 Å². The van der Waals surface area contributed by atoms with Crippen LogP contribution >= 0.6 is 0 Å². The highest BCUT2D eigenvalue weighted by atomic mass is 15.3. The maximum atomic E-state index is 4.71. The minimum absolute atomic E-state index is 0.351. The summed E-state index contributed by atoms with van der Waals surface area (Å²) < 4.78 is 0. The Balaban J connectivity index is 1.94. The van der Waals surface area contributed by atoms with E-state index >= 15 is 0 Å². The van der Waals surface area contributed by atoms with Crippen molar-refractivity contribution in [1.82, 2.24) is 9.88 Å². The van der Waals surface area contributed by atoms with E-state index in [9.17, 15) is 0 Å². The molecule has 1 unspecified atom stereocenters. The van der Waals surface area contributed by atoms with Gasteiger partial charge in [0.05, 0.1) is 6.04 Å². The molecule has 1 aliphatic rings. The van der Waals surface area contributed by atoms with Gasteiger partial charge in [0.25, 0.3) is 0 Å². The van der Waals surface area contributed by atoms with E-state index in [2.05, 4.69) is 64.6 Å². The van der Waals surface area contributed by atoms with Crippen molar-refractivity contribution >= 4 is 11.6 Å². The van der Waals surface area contributed by atoms with Gasteiger partial charge < -0.3 is 15.1 Å². The molecule has 0 saturated carbocycles. The topological polar surface area (TPSA) is 31.4 Å². The summed E-state index contributed by atoms with van der Waals surface area (Å²) in [6.45, 7) is 3.08. The van der Waals surface area contributed by atoms with Crippen LogP contribution in [0, 0.1) is 0 Å². The Morgan fingerprint density at radius 3 is 2.62 bits per heavy atom. The van der Waals surface area contributed by atoms with Gasteiger partial charge in [0, 0.05) is 26.7 Å². The van der Waals surface area contributed by atoms with Crippen molar-refractivity contribution in [2.24, 2.45) is 0 Å². The Hall–Kier alpha value is -2.07. The molecule has 0 spiro atoms. The zero-order valence-electron chi connectivity index (χ0n) is 12.7. The van der Waals surface area contributed by atoms with Crippen molar-refractivity contribution in [3.8, 4) is 0 Å². The van der Waals surface area contributed by atoms with Crippen LogP contribution in [-0.2, 0) is 0 Å². The van der Waals surface area contributed by atoms with E-state index in [-0.39, 0.29) is 0 Å². The molecule has 4 heteroatoms. The van der Waals surface area contributed by atoms with Crippen LogP contribution in [0.3, 0.4) is 0 Å². The van der Waals surface area contributed by atoms with Gasteiger partial charge in [0.1, 0.15) is 11.6 Å². The summed E-state index contributed by atoms with van der Waals surface area (Å²) in [4.78, 5) is 9.51. The lowest BCUT2D eigenvalue weighted by molar-refractivity contribution is 0.268. The monoisotopic (exact) mass is 282 g/mol. The number of likely N-dealkylation sites (N-methyl/N-ethyl adjacent to an activating group) is 1. The molecule has 2 aromatic rings. The second-order valence-electron chi connectivity index (χ2n) is 5.51. The number of hydrogen-bond acceptors (Lipinski definition) is 4. The summed E-state index contributed by atoms with van der Waals surface area (Å²) in [6, 6.07) is 17.2. The second-order valence-corrected chi connectivity index (χ2v) is 5.51. The first-order chi connectivity index (χ1) is 10.3. The first-order valence-corrected chi connectivity index (χ1v) is 7.43. The highest BCUT2D eigenvalue weighted by Crippen LogP contribution is 2.29. The largest absolute Gasteiger partial charge is 0.373 e. The van der Waals surface area contributed by atoms with Gasteiger partial charge in [0.15, 0.2) is 0 Å². The number of rotatable bonds is 3. The molecule has 110 valence electrons. The molecule has 4 nitrogen and oxygen atoms in total. The molecule has 2 heterocycles. The minimum Gasteiger partial charge on any atom is -0.373 e. The van der Waals surface area contributed by atoms with E-state index in [0.29, 0.717) is 6.04 Å². The third-order valence-corrected chi connectivity index (χ3v) is 4.05. The Bertz CT molecular complexity index is 584. The van der Waals surface area contributed by atoms with Gasteiger partial charge in [-0.2, -0.15) is 0 Å². The van der Waals surface area contributed by atoms with Crippen molar-refractivity contribution in [3.05, 3.63) is 54.1 Å². The number of anilines is 2. The Morgan fingerprint density at radius 1 is 1.05 bits per heavy atom. The summed E-state index contributed by atoms with van der Waals surface area (Å²) in [7, 11) is 4.09. The third-order valence-electron chi connectivity index (χ3n) is 4.05. The third kappa shape index (κ3) is 3.00.